The zero-order valence-corrected chi connectivity index (χ0v) is 12.9. The standard InChI is InChI=1S/C17H18N4O2/c1-23-15-9-8-14(12-5-2-3-6-13(12)15)17(22)18-10-4-7-16-19-11-20-21-16/h2-3,5-6,8-9,11H,4,7,10H2,1H3,(H,18,22)(H,19,20,21). The number of benzene rings is 2. The third kappa shape index (κ3) is 3.31. The molecular formula is C17H18N4O2. The summed E-state index contributed by atoms with van der Waals surface area (Å²) in [5.74, 6) is 1.51. The van der Waals surface area contributed by atoms with Crippen LogP contribution in [-0.2, 0) is 6.42 Å². The number of methoxy groups -OCH3 is 1. The van der Waals surface area contributed by atoms with Crippen molar-refractivity contribution in [3.8, 4) is 5.75 Å². The Hall–Kier alpha value is -2.89. The van der Waals surface area contributed by atoms with Gasteiger partial charge in [0.2, 0.25) is 0 Å². The predicted octanol–water partition coefficient (Wildman–Crippen LogP) is 2.33. The van der Waals surface area contributed by atoms with E-state index in [1.807, 2.05) is 30.3 Å². The molecule has 0 bridgehead atoms. The van der Waals surface area contributed by atoms with Crippen LogP contribution in [0, 0.1) is 0 Å². The van der Waals surface area contributed by atoms with Gasteiger partial charge in [0.15, 0.2) is 0 Å². The number of carbonyl (C=O) groups excluding carboxylic acids is 1. The highest BCUT2D eigenvalue weighted by atomic mass is 16.5. The number of H-pyrrole nitrogens is 1. The second-order valence-electron chi connectivity index (χ2n) is 5.15. The number of aromatic nitrogens is 3. The van der Waals surface area contributed by atoms with E-state index in [1.54, 1.807) is 13.2 Å². The maximum absolute atomic E-state index is 12.4. The molecule has 6 heteroatoms. The van der Waals surface area contributed by atoms with Crippen molar-refractivity contribution < 1.29 is 9.53 Å². The van der Waals surface area contributed by atoms with E-state index in [0.717, 1.165) is 35.2 Å². The highest BCUT2D eigenvalue weighted by Gasteiger charge is 2.12. The molecule has 1 amide bonds. The van der Waals surface area contributed by atoms with Crippen LogP contribution in [0.1, 0.15) is 22.6 Å². The van der Waals surface area contributed by atoms with Crippen molar-refractivity contribution in [2.45, 2.75) is 12.8 Å². The lowest BCUT2D eigenvalue weighted by atomic mass is 10.0. The van der Waals surface area contributed by atoms with E-state index in [4.69, 9.17) is 4.74 Å². The van der Waals surface area contributed by atoms with Crippen LogP contribution in [0.4, 0.5) is 0 Å². The van der Waals surface area contributed by atoms with Crippen LogP contribution in [0.15, 0.2) is 42.7 Å². The van der Waals surface area contributed by atoms with Crippen molar-refractivity contribution in [1.82, 2.24) is 20.5 Å². The molecule has 0 aliphatic heterocycles. The fourth-order valence-corrected chi connectivity index (χ4v) is 2.55. The Balaban J connectivity index is 1.68. The molecule has 1 heterocycles. The summed E-state index contributed by atoms with van der Waals surface area (Å²) in [6.07, 6.45) is 3.04. The number of fused-ring (bicyclic) bond motifs is 1. The minimum absolute atomic E-state index is 0.0820. The molecule has 0 saturated carbocycles. The van der Waals surface area contributed by atoms with Crippen LogP contribution >= 0.6 is 0 Å². The lowest BCUT2D eigenvalue weighted by molar-refractivity contribution is 0.0955. The van der Waals surface area contributed by atoms with Gasteiger partial charge in [-0.25, -0.2) is 4.98 Å². The second-order valence-corrected chi connectivity index (χ2v) is 5.15. The maximum Gasteiger partial charge on any atom is 0.251 e. The highest BCUT2D eigenvalue weighted by Crippen LogP contribution is 2.28. The molecule has 1 aromatic heterocycles. The fourth-order valence-electron chi connectivity index (χ4n) is 2.55. The van der Waals surface area contributed by atoms with E-state index >= 15 is 0 Å². The van der Waals surface area contributed by atoms with Crippen molar-refractivity contribution in [1.29, 1.82) is 0 Å². The van der Waals surface area contributed by atoms with Crippen molar-refractivity contribution in [3.63, 3.8) is 0 Å². The van der Waals surface area contributed by atoms with Gasteiger partial charge >= 0.3 is 0 Å². The van der Waals surface area contributed by atoms with Crippen molar-refractivity contribution >= 4 is 16.7 Å². The van der Waals surface area contributed by atoms with E-state index < -0.39 is 0 Å². The van der Waals surface area contributed by atoms with Crippen LogP contribution in [-0.4, -0.2) is 34.7 Å². The molecule has 3 aromatic rings. The van der Waals surface area contributed by atoms with Crippen LogP contribution in [0.5, 0.6) is 5.75 Å². The molecule has 0 aliphatic rings. The maximum atomic E-state index is 12.4. The summed E-state index contributed by atoms with van der Waals surface area (Å²) in [6.45, 7) is 0.583. The Morgan fingerprint density at radius 3 is 2.78 bits per heavy atom. The molecule has 6 nitrogen and oxygen atoms in total. The average molecular weight is 310 g/mol. The van der Waals surface area contributed by atoms with Gasteiger partial charge in [0.1, 0.15) is 17.9 Å². The molecule has 0 saturated heterocycles. The first kappa shape index (κ1) is 15.0. The molecular weight excluding hydrogens is 292 g/mol. The minimum atomic E-state index is -0.0820. The molecule has 0 aliphatic carbocycles. The molecule has 0 fully saturated rings. The van der Waals surface area contributed by atoms with Gasteiger partial charge in [-0.2, -0.15) is 5.10 Å². The van der Waals surface area contributed by atoms with E-state index in [1.165, 1.54) is 6.33 Å². The smallest absolute Gasteiger partial charge is 0.251 e. The van der Waals surface area contributed by atoms with Gasteiger partial charge in [-0.15, -0.1) is 0 Å². The zero-order chi connectivity index (χ0) is 16.1. The number of aryl methyl sites for hydroxylation is 1. The molecule has 118 valence electrons. The predicted molar refractivity (Wildman–Crippen MR) is 87.5 cm³/mol. The summed E-state index contributed by atoms with van der Waals surface area (Å²) in [6, 6.07) is 11.4. The molecule has 23 heavy (non-hydrogen) atoms. The fraction of sp³-hybridized carbons (Fsp3) is 0.235. The van der Waals surface area contributed by atoms with Gasteiger partial charge in [0.25, 0.3) is 5.91 Å². The minimum Gasteiger partial charge on any atom is -0.496 e. The SMILES string of the molecule is COc1ccc(C(=O)NCCCc2ncn[nH]2)c2ccccc12. The topological polar surface area (TPSA) is 79.9 Å². The van der Waals surface area contributed by atoms with Crippen molar-refractivity contribution in [2.24, 2.45) is 0 Å². The zero-order valence-electron chi connectivity index (χ0n) is 12.9. The lowest BCUT2D eigenvalue weighted by Gasteiger charge is -2.10. The van der Waals surface area contributed by atoms with Gasteiger partial charge in [-0.1, -0.05) is 24.3 Å². The monoisotopic (exact) mass is 310 g/mol. The number of ether oxygens (including phenoxy) is 1. The first-order valence-corrected chi connectivity index (χ1v) is 7.48. The molecule has 2 N–H and O–H groups in total. The average Bonchev–Trinajstić information content (AvgIpc) is 3.11. The van der Waals surface area contributed by atoms with Crippen LogP contribution in [0.25, 0.3) is 10.8 Å². The number of rotatable bonds is 6. The largest absolute Gasteiger partial charge is 0.496 e. The number of hydrogen-bond donors (Lipinski definition) is 2. The molecule has 0 unspecified atom stereocenters. The van der Waals surface area contributed by atoms with Crippen LogP contribution in [0.3, 0.4) is 0 Å². The Kier molecular flexibility index (Phi) is 4.52. The number of amides is 1. The van der Waals surface area contributed by atoms with Crippen LogP contribution in [0.2, 0.25) is 0 Å². The highest BCUT2D eigenvalue weighted by molar-refractivity contribution is 6.08. The normalized spacial score (nSPS) is 10.7. The lowest BCUT2D eigenvalue weighted by Crippen LogP contribution is -2.25. The first-order valence-electron chi connectivity index (χ1n) is 7.48. The third-order valence-electron chi connectivity index (χ3n) is 3.69. The summed E-state index contributed by atoms with van der Waals surface area (Å²) < 4.78 is 5.35. The van der Waals surface area contributed by atoms with Crippen molar-refractivity contribution in [3.05, 3.63) is 54.1 Å². The van der Waals surface area contributed by atoms with Gasteiger partial charge < -0.3 is 10.1 Å². The third-order valence-corrected chi connectivity index (χ3v) is 3.69. The van der Waals surface area contributed by atoms with E-state index in [-0.39, 0.29) is 5.91 Å². The molecule has 0 atom stereocenters. The molecule has 3 rings (SSSR count). The second kappa shape index (κ2) is 6.91. The number of nitrogens with zero attached hydrogens (tertiary/aromatic N) is 2. The number of nitrogens with one attached hydrogen (secondary N) is 2. The Bertz CT molecular complexity index is 799. The number of carbonyl (C=O) groups is 1. The van der Waals surface area contributed by atoms with Gasteiger partial charge in [-0.05, 0) is 23.9 Å². The first-order chi connectivity index (χ1) is 11.3. The molecule has 2 aromatic carbocycles. The van der Waals surface area contributed by atoms with Gasteiger partial charge in [-0.3, -0.25) is 9.89 Å². The van der Waals surface area contributed by atoms with E-state index in [9.17, 15) is 4.79 Å². The summed E-state index contributed by atoms with van der Waals surface area (Å²) in [5.41, 5.74) is 0.654. The Morgan fingerprint density at radius 2 is 2.04 bits per heavy atom. The molecule has 0 spiro atoms. The summed E-state index contributed by atoms with van der Waals surface area (Å²) in [7, 11) is 1.63. The summed E-state index contributed by atoms with van der Waals surface area (Å²) >= 11 is 0. The van der Waals surface area contributed by atoms with Gasteiger partial charge in [0, 0.05) is 23.9 Å². The summed E-state index contributed by atoms with van der Waals surface area (Å²) in [4.78, 5) is 16.5. The Labute approximate surface area is 133 Å². The quantitative estimate of drug-likeness (QED) is 0.685. The number of hydrogen-bond acceptors (Lipinski definition) is 4. The van der Waals surface area contributed by atoms with Crippen molar-refractivity contribution in [2.75, 3.05) is 13.7 Å². The van der Waals surface area contributed by atoms with Crippen LogP contribution < -0.4 is 10.1 Å². The van der Waals surface area contributed by atoms with Gasteiger partial charge in [0.05, 0.1) is 7.11 Å². The Morgan fingerprint density at radius 1 is 1.22 bits per heavy atom. The summed E-state index contributed by atoms with van der Waals surface area (Å²) in [5, 5.41) is 11.4. The number of aromatic amines is 1. The van der Waals surface area contributed by atoms with E-state index in [0.29, 0.717) is 12.1 Å². The molecule has 0 radical (unpaired) electrons. The van der Waals surface area contributed by atoms with E-state index in [2.05, 4.69) is 20.5 Å².